The molecule has 0 radical (unpaired) electrons. The van der Waals surface area contributed by atoms with Crippen molar-refractivity contribution in [2.24, 2.45) is 11.8 Å². The Morgan fingerprint density at radius 3 is 2.50 bits per heavy atom. The van der Waals surface area contributed by atoms with E-state index in [1.54, 1.807) is 12.1 Å². The first-order valence-electron chi connectivity index (χ1n) is 7.43. The van der Waals surface area contributed by atoms with Crippen molar-refractivity contribution in [3.63, 3.8) is 0 Å². The Kier molecular flexibility index (Phi) is 5.87. The van der Waals surface area contributed by atoms with Crippen molar-refractivity contribution >= 4 is 45.0 Å². The van der Waals surface area contributed by atoms with Crippen LogP contribution in [0.15, 0.2) is 22.7 Å². The van der Waals surface area contributed by atoms with Gasteiger partial charge < -0.3 is 10.2 Å². The Balaban J connectivity index is 1.91. The van der Waals surface area contributed by atoms with Gasteiger partial charge in [-0.25, -0.2) is 0 Å². The van der Waals surface area contributed by atoms with Crippen molar-refractivity contribution in [1.29, 1.82) is 0 Å². The molecule has 1 aromatic carbocycles. The molecule has 1 fully saturated rings. The van der Waals surface area contributed by atoms with Gasteiger partial charge in [-0.2, -0.15) is 0 Å². The van der Waals surface area contributed by atoms with E-state index in [0.717, 1.165) is 4.47 Å². The first-order chi connectivity index (χ1) is 10.4. The zero-order valence-corrected chi connectivity index (χ0v) is 15.1. The lowest BCUT2D eigenvalue weighted by Gasteiger charge is -2.32. The predicted octanol–water partition coefficient (Wildman–Crippen LogP) is 3.94. The smallest absolute Gasteiger partial charge is 0.227 e. The molecule has 1 N–H and O–H groups in total. The van der Waals surface area contributed by atoms with Crippen LogP contribution in [0, 0.1) is 11.8 Å². The van der Waals surface area contributed by atoms with Crippen molar-refractivity contribution in [1.82, 2.24) is 4.90 Å². The molecule has 0 spiro atoms. The summed E-state index contributed by atoms with van der Waals surface area (Å²) in [5.41, 5.74) is 0.621. The molecule has 6 heteroatoms. The number of rotatable bonds is 3. The number of hydrogen-bond donors (Lipinski definition) is 1. The fraction of sp³-hybridized carbons (Fsp3) is 0.500. The van der Waals surface area contributed by atoms with Gasteiger partial charge in [0, 0.05) is 29.4 Å². The number of likely N-dealkylation sites (tertiary alicyclic amines) is 1. The fourth-order valence-corrected chi connectivity index (χ4v) is 3.27. The number of carbonyl (C=O) groups excluding carboxylic acids is 2. The van der Waals surface area contributed by atoms with Gasteiger partial charge in [0.1, 0.15) is 0 Å². The van der Waals surface area contributed by atoms with Crippen LogP contribution in [0.3, 0.4) is 0 Å². The van der Waals surface area contributed by atoms with Gasteiger partial charge in [0.05, 0.1) is 10.7 Å². The standard InChI is InChI=1S/C16H20BrClN2O2/c1-10(2)16(22)20-7-5-11(6-8-20)15(21)19-14-4-3-12(17)9-13(14)18/h3-4,9-11H,5-8H2,1-2H3,(H,19,21). The largest absolute Gasteiger partial charge is 0.342 e. The number of piperidine rings is 1. The van der Waals surface area contributed by atoms with E-state index in [0.29, 0.717) is 36.6 Å². The number of carbonyl (C=O) groups is 2. The molecule has 2 rings (SSSR count). The molecule has 0 saturated carbocycles. The molecule has 1 aliphatic heterocycles. The van der Waals surface area contributed by atoms with Crippen LogP contribution < -0.4 is 5.32 Å². The van der Waals surface area contributed by atoms with Gasteiger partial charge in [-0.05, 0) is 31.0 Å². The number of benzene rings is 1. The van der Waals surface area contributed by atoms with Crippen LogP contribution in [0.2, 0.25) is 5.02 Å². The summed E-state index contributed by atoms with van der Waals surface area (Å²) in [4.78, 5) is 26.1. The summed E-state index contributed by atoms with van der Waals surface area (Å²) < 4.78 is 0.871. The van der Waals surface area contributed by atoms with E-state index in [9.17, 15) is 9.59 Å². The maximum atomic E-state index is 12.3. The molecule has 22 heavy (non-hydrogen) atoms. The summed E-state index contributed by atoms with van der Waals surface area (Å²) in [6.07, 6.45) is 1.39. The molecule has 0 aliphatic carbocycles. The first kappa shape index (κ1) is 17.3. The van der Waals surface area contributed by atoms with E-state index in [1.165, 1.54) is 0 Å². The molecule has 0 atom stereocenters. The summed E-state index contributed by atoms with van der Waals surface area (Å²) in [5.74, 6) is 0.0681. The second kappa shape index (κ2) is 7.47. The van der Waals surface area contributed by atoms with E-state index >= 15 is 0 Å². The summed E-state index contributed by atoms with van der Waals surface area (Å²) in [7, 11) is 0. The van der Waals surface area contributed by atoms with Gasteiger partial charge in [0.2, 0.25) is 11.8 Å². The van der Waals surface area contributed by atoms with Gasteiger partial charge in [-0.1, -0.05) is 41.4 Å². The molecule has 0 bridgehead atoms. The molecule has 120 valence electrons. The maximum Gasteiger partial charge on any atom is 0.227 e. The van der Waals surface area contributed by atoms with E-state index in [-0.39, 0.29) is 23.7 Å². The van der Waals surface area contributed by atoms with Crippen LogP contribution in [0.5, 0.6) is 0 Å². The van der Waals surface area contributed by atoms with Crippen LogP contribution in [0.4, 0.5) is 5.69 Å². The zero-order valence-electron chi connectivity index (χ0n) is 12.7. The fourth-order valence-electron chi connectivity index (χ4n) is 2.55. The second-order valence-corrected chi connectivity index (χ2v) is 7.19. The highest BCUT2D eigenvalue weighted by molar-refractivity contribution is 9.10. The SMILES string of the molecule is CC(C)C(=O)N1CCC(C(=O)Nc2ccc(Br)cc2Cl)CC1. The quantitative estimate of drug-likeness (QED) is 0.854. The van der Waals surface area contributed by atoms with Gasteiger partial charge in [-0.15, -0.1) is 0 Å². The van der Waals surface area contributed by atoms with Crippen molar-refractivity contribution in [2.75, 3.05) is 18.4 Å². The van der Waals surface area contributed by atoms with Gasteiger partial charge >= 0.3 is 0 Å². The molecule has 0 aromatic heterocycles. The van der Waals surface area contributed by atoms with Crippen LogP contribution in [0.1, 0.15) is 26.7 Å². The Morgan fingerprint density at radius 2 is 1.95 bits per heavy atom. The second-order valence-electron chi connectivity index (χ2n) is 5.87. The Morgan fingerprint density at radius 1 is 1.32 bits per heavy atom. The molecule has 0 unspecified atom stereocenters. The Bertz CT molecular complexity index is 569. The topological polar surface area (TPSA) is 49.4 Å². The van der Waals surface area contributed by atoms with E-state index < -0.39 is 0 Å². The predicted molar refractivity (Wildman–Crippen MR) is 91.9 cm³/mol. The number of hydrogen-bond acceptors (Lipinski definition) is 2. The monoisotopic (exact) mass is 386 g/mol. The van der Waals surface area contributed by atoms with Crippen molar-refractivity contribution in [3.05, 3.63) is 27.7 Å². The molecule has 1 saturated heterocycles. The third-order valence-corrected chi connectivity index (χ3v) is 4.67. The Labute approximate surface area is 144 Å². The number of halogens is 2. The lowest BCUT2D eigenvalue weighted by atomic mass is 9.95. The zero-order chi connectivity index (χ0) is 16.3. The summed E-state index contributed by atoms with van der Waals surface area (Å²) in [6.45, 7) is 5.08. The van der Waals surface area contributed by atoms with Gasteiger partial charge in [0.25, 0.3) is 0 Å². The van der Waals surface area contributed by atoms with E-state index in [4.69, 9.17) is 11.6 Å². The summed E-state index contributed by atoms with van der Waals surface area (Å²) in [6, 6.07) is 5.37. The highest BCUT2D eigenvalue weighted by Crippen LogP contribution is 2.27. The first-order valence-corrected chi connectivity index (χ1v) is 8.60. The summed E-state index contributed by atoms with van der Waals surface area (Å²) in [5, 5.41) is 3.39. The molecule has 1 aliphatic rings. The van der Waals surface area contributed by atoms with Crippen LogP contribution >= 0.6 is 27.5 Å². The molecule has 4 nitrogen and oxygen atoms in total. The summed E-state index contributed by atoms with van der Waals surface area (Å²) >= 11 is 9.45. The molecule has 1 aromatic rings. The van der Waals surface area contributed by atoms with E-state index in [1.807, 2.05) is 24.8 Å². The average molecular weight is 388 g/mol. The number of amides is 2. The minimum Gasteiger partial charge on any atom is -0.342 e. The number of anilines is 1. The minimum atomic E-state index is -0.0732. The van der Waals surface area contributed by atoms with Crippen LogP contribution in [0.25, 0.3) is 0 Å². The third-order valence-electron chi connectivity index (χ3n) is 3.86. The van der Waals surface area contributed by atoms with E-state index in [2.05, 4.69) is 21.2 Å². The van der Waals surface area contributed by atoms with Crippen molar-refractivity contribution < 1.29 is 9.59 Å². The Hall–Kier alpha value is -1.07. The number of nitrogens with one attached hydrogen (secondary N) is 1. The highest BCUT2D eigenvalue weighted by atomic mass is 79.9. The van der Waals surface area contributed by atoms with Gasteiger partial charge in [-0.3, -0.25) is 9.59 Å². The average Bonchev–Trinajstić information content (AvgIpc) is 2.49. The highest BCUT2D eigenvalue weighted by Gasteiger charge is 2.28. The molecular weight excluding hydrogens is 368 g/mol. The normalized spacial score (nSPS) is 16.0. The van der Waals surface area contributed by atoms with Gasteiger partial charge in [0.15, 0.2) is 0 Å². The van der Waals surface area contributed by atoms with Crippen molar-refractivity contribution in [2.45, 2.75) is 26.7 Å². The number of nitrogens with zero attached hydrogens (tertiary/aromatic N) is 1. The van der Waals surface area contributed by atoms with Crippen LogP contribution in [-0.4, -0.2) is 29.8 Å². The lowest BCUT2D eigenvalue weighted by Crippen LogP contribution is -2.43. The minimum absolute atomic E-state index is 0.00643. The molecular formula is C16H20BrClN2O2. The van der Waals surface area contributed by atoms with Crippen LogP contribution in [-0.2, 0) is 9.59 Å². The maximum absolute atomic E-state index is 12.3. The molecule has 1 heterocycles. The third kappa shape index (κ3) is 4.23. The van der Waals surface area contributed by atoms with Crippen molar-refractivity contribution in [3.8, 4) is 0 Å². The molecule has 2 amide bonds. The lowest BCUT2D eigenvalue weighted by molar-refractivity contribution is -0.137.